The molecule has 0 N–H and O–H groups in total. The first-order valence-electron chi connectivity index (χ1n) is 9.40. The Kier molecular flexibility index (Phi) is 6.91. The lowest BCUT2D eigenvalue weighted by molar-refractivity contribution is -0.161. The smallest absolute Gasteiger partial charge is 0.417 e. The van der Waals surface area contributed by atoms with Crippen molar-refractivity contribution in [3.63, 3.8) is 0 Å². The number of hydrogen-bond donors (Lipinski definition) is 0. The lowest BCUT2D eigenvalue weighted by atomic mass is 10.0. The van der Waals surface area contributed by atoms with E-state index in [1.54, 1.807) is 62.3 Å². The molecule has 8 nitrogen and oxygen atoms in total. The van der Waals surface area contributed by atoms with Crippen LogP contribution in [0.25, 0.3) is 0 Å². The fourth-order valence-corrected chi connectivity index (χ4v) is 2.68. The van der Waals surface area contributed by atoms with Gasteiger partial charge in [-0.15, -0.1) is 0 Å². The first kappa shape index (κ1) is 23.9. The van der Waals surface area contributed by atoms with Crippen LogP contribution in [0.1, 0.15) is 75.2 Å². The van der Waals surface area contributed by atoms with Crippen molar-refractivity contribution in [2.24, 2.45) is 5.92 Å². The van der Waals surface area contributed by atoms with Crippen LogP contribution in [0.4, 0.5) is 4.79 Å². The molecule has 0 aliphatic carbocycles. The molecule has 1 aliphatic rings. The van der Waals surface area contributed by atoms with Crippen LogP contribution in [0.15, 0.2) is 0 Å². The standard InChI is InChI=1S/C20H33NO7/c1-18(2,3)26-14(22)11-12-10-13(16(24)27-19(4,5)6)21(15(12)23)17(25)28-20(7,8)9/h12-13H,10-11H2,1-9H3/t12-,13-/m0/s1. The van der Waals surface area contributed by atoms with Gasteiger partial charge in [0.15, 0.2) is 0 Å². The van der Waals surface area contributed by atoms with Crippen molar-refractivity contribution in [2.45, 2.75) is 98.0 Å². The van der Waals surface area contributed by atoms with Crippen LogP contribution in [0, 0.1) is 5.92 Å². The molecule has 8 heteroatoms. The van der Waals surface area contributed by atoms with E-state index in [1.807, 2.05) is 0 Å². The highest BCUT2D eigenvalue weighted by Crippen LogP contribution is 2.31. The number of carbonyl (C=O) groups is 4. The molecule has 0 bridgehead atoms. The van der Waals surface area contributed by atoms with Crippen molar-refractivity contribution in [2.75, 3.05) is 0 Å². The fraction of sp³-hybridized carbons (Fsp3) is 0.800. The minimum atomic E-state index is -1.14. The summed E-state index contributed by atoms with van der Waals surface area (Å²) < 4.78 is 15.9. The molecule has 1 fully saturated rings. The molecule has 0 aromatic carbocycles. The van der Waals surface area contributed by atoms with Crippen LogP contribution in [0.5, 0.6) is 0 Å². The van der Waals surface area contributed by atoms with E-state index < -0.39 is 52.7 Å². The van der Waals surface area contributed by atoms with Gasteiger partial charge in [-0.05, 0) is 68.7 Å². The maximum atomic E-state index is 12.8. The molecule has 28 heavy (non-hydrogen) atoms. The second-order valence-electron chi connectivity index (χ2n) is 9.96. The third kappa shape index (κ3) is 7.48. The Morgan fingerprint density at radius 2 is 1.32 bits per heavy atom. The minimum absolute atomic E-state index is 0.0216. The number of esters is 2. The fourth-order valence-electron chi connectivity index (χ4n) is 2.68. The van der Waals surface area contributed by atoms with Crippen LogP contribution in [0.3, 0.4) is 0 Å². The summed E-state index contributed by atoms with van der Waals surface area (Å²) in [4.78, 5) is 50.9. The van der Waals surface area contributed by atoms with Crippen molar-refractivity contribution >= 4 is 23.9 Å². The summed E-state index contributed by atoms with van der Waals surface area (Å²) in [6.07, 6.45) is -1.18. The predicted molar refractivity (Wildman–Crippen MR) is 101 cm³/mol. The molecular weight excluding hydrogens is 366 g/mol. The summed E-state index contributed by atoms with van der Waals surface area (Å²) in [7, 11) is 0. The Labute approximate surface area is 166 Å². The van der Waals surface area contributed by atoms with Crippen molar-refractivity contribution in [3.05, 3.63) is 0 Å². The number of rotatable bonds is 3. The first-order valence-corrected chi connectivity index (χ1v) is 9.40. The van der Waals surface area contributed by atoms with Gasteiger partial charge in [-0.2, -0.15) is 0 Å². The van der Waals surface area contributed by atoms with Gasteiger partial charge in [0.05, 0.1) is 12.3 Å². The molecule has 2 atom stereocenters. The number of likely N-dealkylation sites (tertiary alicyclic amines) is 1. The molecule has 2 amide bonds. The summed E-state index contributed by atoms with van der Waals surface area (Å²) >= 11 is 0. The van der Waals surface area contributed by atoms with Crippen LogP contribution in [-0.4, -0.2) is 51.7 Å². The maximum absolute atomic E-state index is 12.8. The molecule has 0 aromatic heterocycles. The van der Waals surface area contributed by atoms with Gasteiger partial charge in [-0.25, -0.2) is 14.5 Å². The Hall–Kier alpha value is -2.12. The maximum Gasteiger partial charge on any atom is 0.417 e. The lowest BCUT2D eigenvalue weighted by Gasteiger charge is -2.28. The highest BCUT2D eigenvalue weighted by atomic mass is 16.6. The van der Waals surface area contributed by atoms with Crippen LogP contribution >= 0.6 is 0 Å². The molecule has 1 heterocycles. The SMILES string of the molecule is CC(C)(C)OC(=O)C[C@@H]1C[C@@H](C(=O)OC(C)(C)C)N(C(=O)OC(C)(C)C)C1=O. The number of ether oxygens (including phenoxy) is 3. The highest BCUT2D eigenvalue weighted by molar-refractivity contribution is 6.01. The zero-order chi connectivity index (χ0) is 22.1. The molecule has 0 saturated carbocycles. The molecule has 0 radical (unpaired) electrons. The third-order valence-corrected chi connectivity index (χ3v) is 3.51. The van der Waals surface area contributed by atoms with E-state index >= 15 is 0 Å². The van der Waals surface area contributed by atoms with Gasteiger partial charge in [0.25, 0.3) is 0 Å². The quantitative estimate of drug-likeness (QED) is 0.531. The number of imide groups is 1. The summed E-state index contributed by atoms with van der Waals surface area (Å²) in [5.41, 5.74) is -2.34. The number of hydrogen-bond acceptors (Lipinski definition) is 7. The molecular formula is C20H33NO7. The van der Waals surface area contributed by atoms with Crippen LogP contribution in [-0.2, 0) is 28.6 Å². The Balaban J connectivity index is 3.06. The summed E-state index contributed by atoms with van der Waals surface area (Å²) in [5, 5.41) is 0. The highest BCUT2D eigenvalue weighted by Gasteiger charge is 2.50. The Morgan fingerprint density at radius 3 is 1.75 bits per heavy atom. The normalized spacial score (nSPS) is 20.8. The van der Waals surface area contributed by atoms with E-state index in [1.165, 1.54) is 0 Å². The van der Waals surface area contributed by atoms with Crippen LogP contribution in [0.2, 0.25) is 0 Å². The van der Waals surface area contributed by atoms with Gasteiger partial charge >= 0.3 is 18.0 Å². The molecule has 0 spiro atoms. The van der Waals surface area contributed by atoms with Gasteiger partial charge in [0.1, 0.15) is 22.8 Å². The van der Waals surface area contributed by atoms with Gasteiger partial charge in [0.2, 0.25) is 5.91 Å². The zero-order valence-corrected chi connectivity index (χ0v) is 18.4. The lowest BCUT2D eigenvalue weighted by Crippen LogP contribution is -2.47. The average molecular weight is 399 g/mol. The minimum Gasteiger partial charge on any atom is -0.460 e. The van der Waals surface area contributed by atoms with Crippen molar-refractivity contribution < 1.29 is 33.4 Å². The van der Waals surface area contributed by atoms with Crippen molar-refractivity contribution in [3.8, 4) is 0 Å². The van der Waals surface area contributed by atoms with Crippen molar-refractivity contribution in [1.82, 2.24) is 4.90 Å². The van der Waals surface area contributed by atoms with E-state index in [2.05, 4.69) is 0 Å². The molecule has 1 rings (SSSR count). The summed E-state index contributed by atoms with van der Waals surface area (Å²) in [6.45, 7) is 15.2. The van der Waals surface area contributed by atoms with Gasteiger partial charge < -0.3 is 14.2 Å². The van der Waals surface area contributed by atoms with Crippen LogP contribution < -0.4 is 0 Å². The molecule has 0 aromatic rings. The van der Waals surface area contributed by atoms with E-state index in [9.17, 15) is 19.2 Å². The summed E-state index contributed by atoms with van der Waals surface area (Å²) in [5.74, 6) is -2.78. The number of nitrogens with zero attached hydrogens (tertiary/aromatic N) is 1. The predicted octanol–water partition coefficient (Wildman–Crippen LogP) is 3.21. The van der Waals surface area contributed by atoms with Gasteiger partial charge in [0, 0.05) is 0 Å². The average Bonchev–Trinajstić information content (AvgIpc) is 2.70. The number of amides is 2. The summed E-state index contributed by atoms with van der Waals surface area (Å²) in [6, 6.07) is -1.14. The van der Waals surface area contributed by atoms with Gasteiger partial charge in [-0.3, -0.25) is 9.59 Å². The second kappa shape index (κ2) is 8.09. The molecule has 160 valence electrons. The molecule has 1 aliphatic heterocycles. The van der Waals surface area contributed by atoms with E-state index in [0.717, 1.165) is 4.90 Å². The molecule has 1 saturated heterocycles. The van der Waals surface area contributed by atoms with Gasteiger partial charge in [-0.1, -0.05) is 0 Å². The first-order chi connectivity index (χ1) is 12.4. The largest absolute Gasteiger partial charge is 0.460 e. The van der Waals surface area contributed by atoms with Crippen molar-refractivity contribution in [1.29, 1.82) is 0 Å². The zero-order valence-electron chi connectivity index (χ0n) is 18.4. The second-order valence-corrected chi connectivity index (χ2v) is 9.96. The molecule has 0 unspecified atom stereocenters. The van der Waals surface area contributed by atoms with E-state index in [-0.39, 0.29) is 12.8 Å². The van der Waals surface area contributed by atoms with E-state index in [0.29, 0.717) is 0 Å². The third-order valence-electron chi connectivity index (χ3n) is 3.51. The monoisotopic (exact) mass is 399 g/mol. The number of carbonyl (C=O) groups excluding carboxylic acids is 4. The Morgan fingerprint density at radius 1 is 0.857 bits per heavy atom. The topological polar surface area (TPSA) is 99.2 Å². The Bertz CT molecular complexity index is 634. The van der Waals surface area contributed by atoms with E-state index in [4.69, 9.17) is 14.2 Å².